The number of benzene rings is 1. The van der Waals surface area contributed by atoms with Crippen molar-refractivity contribution in [2.24, 2.45) is 0 Å². The maximum atomic E-state index is 11.7. The maximum Gasteiger partial charge on any atom is 0.212 e. The smallest absolute Gasteiger partial charge is 0.212 e. The van der Waals surface area contributed by atoms with Gasteiger partial charge in [0.25, 0.3) is 0 Å². The predicted molar refractivity (Wildman–Crippen MR) is 53.7 cm³/mol. The molecule has 3 nitrogen and oxygen atoms in total. The number of aromatic hydroxyl groups is 1. The molecule has 0 bridgehead atoms. The van der Waals surface area contributed by atoms with Crippen LogP contribution < -0.4 is 0 Å². The van der Waals surface area contributed by atoms with Gasteiger partial charge in [-0.2, -0.15) is 0 Å². The molecule has 2 aromatic rings. The first-order chi connectivity index (χ1) is 6.77. The highest BCUT2D eigenvalue weighted by Gasteiger charge is 2.10. The number of carbonyl (C=O) groups excluding carboxylic acids is 1. The van der Waals surface area contributed by atoms with Crippen molar-refractivity contribution in [3.63, 3.8) is 0 Å². The average Bonchev–Trinajstić information content (AvgIpc) is 2.69. The molecule has 0 saturated carbocycles. The Morgan fingerprint density at radius 2 is 2.29 bits per heavy atom. The Morgan fingerprint density at radius 1 is 1.43 bits per heavy atom. The first-order valence-corrected chi connectivity index (χ1v) is 4.93. The van der Waals surface area contributed by atoms with Crippen LogP contribution in [0.25, 0.3) is 0 Å². The van der Waals surface area contributed by atoms with E-state index >= 15 is 0 Å². The van der Waals surface area contributed by atoms with Crippen LogP contribution >= 0.6 is 11.3 Å². The van der Waals surface area contributed by atoms with E-state index in [4.69, 9.17) is 0 Å². The van der Waals surface area contributed by atoms with Crippen LogP contribution in [0, 0.1) is 0 Å². The molecule has 70 valence electrons. The molecule has 1 N–H and O–H groups in total. The summed E-state index contributed by atoms with van der Waals surface area (Å²) in [7, 11) is 0. The summed E-state index contributed by atoms with van der Waals surface area (Å²) in [5.41, 5.74) is 2.48. The van der Waals surface area contributed by atoms with E-state index in [0.29, 0.717) is 11.3 Å². The molecule has 0 atom stereocenters. The lowest BCUT2D eigenvalue weighted by atomic mass is 10.1. The van der Waals surface area contributed by atoms with Gasteiger partial charge in [-0.3, -0.25) is 4.79 Å². The molecule has 0 aliphatic rings. The van der Waals surface area contributed by atoms with E-state index < -0.39 is 0 Å². The van der Waals surface area contributed by atoms with E-state index in [1.807, 2.05) is 0 Å². The van der Waals surface area contributed by atoms with E-state index in [0.717, 1.165) is 0 Å². The molecule has 0 fully saturated rings. The van der Waals surface area contributed by atoms with Crippen LogP contribution in [0.15, 0.2) is 35.2 Å². The van der Waals surface area contributed by atoms with Gasteiger partial charge in [0.1, 0.15) is 11.4 Å². The van der Waals surface area contributed by atoms with Crippen molar-refractivity contribution in [3.05, 3.63) is 46.4 Å². The van der Waals surface area contributed by atoms with E-state index in [2.05, 4.69) is 4.98 Å². The third-order valence-electron chi connectivity index (χ3n) is 1.77. The minimum Gasteiger partial charge on any atom is -0.508 e. The highest BCUT2D eigenvalue weighted by atomic mass is 32.1. The number of phenols is 1. The Hall–Kier alpha value is -1.68. The van der Waals surface area contributed by atoms with Gasteiger partial charge < -0.3 is 5.11 Å². The molecule has 0 spiro atoms. The zero-order valence-corrected chi connectivity index (χ0v) is 7.99. The third kappa shape index (κ3) is 1.65. The molecule has 14 heavy (non-hydrogen) atoms. The van der Waals surface area contributed by atoms with Crippen molar-refractivity contribution < 1.29 is 9.90 Å². The molecule has 1 heterocycles. The number of hydrogen-bond donors (Lipinski definition) is 1. The molecular formula is C10H7NO2S. The largest absolute Gasteiger partial charge is 0.508 e. The molecule has 0 aliphatic heterocycles. The van der Waals surface area contributed by atoms with Gasteiger partial charge in [0, 0.05) is 10.9 Å². The molecule has 2 rings (SSSR count). The topological polar surface area (TPSA) is 50.2 Å². The monoisotopic (exact) mass is 205 g/mol. The van der Waals surface area contributed by atoms with Crippen molar-refractivity contribution in [2.75, 3.05) is 0 Å². The van der Waals surface area contributed by atoms with Crippen LogP contribution in [-0.4, -0.2) is 15.9 Å². The van der Waals surface area contributed by atoms with Gasteiger partial charge in [0.2, 0.25) is 5.78 Å². The maximum absolute atomic E-state index is 11.7. The van der Waals surface area contributed by atoms with E-state index in [-0.39, 0.29) is 11.5 Å². The highest BCUT2D eigenvalue weighted by molar-refractivity contribution is 7.07. The Balaban J connectivity index is 2.37. The van der Waals surface area contributed by atoms with Gasteiger partial charge in [0.05, 0.1) is 5.51 Å². The number of ketones is 1. The zero-order valence-electron chi connectivity index (χ0n) is 7.18. The fourth-order valence-corrected chi connectivity index (χ4v) is 1.65. The Kier molecular flexibility index (Phi) is 2.28. The summed E-state index contributed by atoms with van der Waals surface area (Å²) in [6, 6.07) is 6.25. The SMILES string of the molecule is O=C(c1cccc(O)c1)c1cscn1. The number of carbonyl (C=O) groups is 1. The van der Waals surface area contributed by atoms with E-state index in [9.17, 15) is 9.90 Å². The summed E-state index contributed by atoms with van der Waals surface area (Å²) >= 11 is 1.37. The second kappa shape index (κ2) is 3.59. The standard InChI is InChI=1S/C10H7NO2S/c12-8-3-1-2-7(4-8)10(13)9-5-14-6-11-9/h1-6,12H. The lowest BCUT2D eigenvalue weighted by Gasteiger charge is -1.97. The first kappa shape index (κ1) is 8.90. The Labute approximate surface area is 84.7 Å². The number of hydrogen-bond acceptors (Lipinski definition) is 4. The lowest BCUT2D eigenvalue weighted by molar-refractivity contribution is 0.103. The summed E-state index contributed by atoms with van der Waals surface area (Å²) in [5.74, 6) is -0.0757. The summed E-state index contributed by atoms with van der Waals surface area (Å²) in [4.78, 5) is 15.6. The number of rotatable bonds is 2. The molecule has 0 unspecified atom stereocenters. The fraction of sp³-hybridized carbons (Fsp3) is 0. The first-order valence-electron chi connectivity index (χ1n) is 3.99. The molecule has 0 amide bonds. The van der Waals surface area contributed by atoms with Crippen molar-refractivity contribution in [1.82, 2.24) is 4.98 Å². The quantitative estimate of drug-likeness (QED) is 0.763. The summed E-state index contributed by atoms with van der Waals surface area (Å²) < 4.78 is 0. The summed E-state index contributed by atoms with van der Waals surface area (Å²) in [6.07, 6.45) is 0. The molecule has 1 aromatic carbocycles. The van der Waals surface area contributed by atoms with Gasteiger partial charge in [-0.25, -0.2) is 4.98 Å². The van der Waals surface area contributed by atoms with Gasteiger partial charge in [-0.15, -0.1) is 11.3 Å². The highest BCUT2D eigenvalue weighted by Crippen LogP contribution is 2.15. The van der Waals surface area contributed by atoms with Gasteiger partial charge in [0.15, 0.2) is 0 Å². The van der Waals surface area contributed by atoms with E-state index in [1.165, 1.54) is 23.5 Å². The van der Waals surface area contributed by atoms with Crippen LogP contribution in [0.1, 0.15) is 16.1 Å². The number of phenolic OH excluding ortho intramolecular Hbond substituents is 1. The number of aromatic nitrogens is 1. The zero-order chi connectivity index (χ0) is 9.97. The predicted octanol–water partition coefficient (Wildman–Crippen LogP) is 2.08. The van der Waals surface area contributed by atoms with Crippen LogP contribution in [0.4, 0.5) is 0 Å². The number of nitrogens with zero attached hydrogens (tertiary/aromatic N) is 1. The average molecular weight is 205 g/mol. The van der Waals surface area contributed by atoms with Gasteiger partial charge in [-0.05, 0) is 12.1 Å². The van der Waals surface area contributed by atoms with Crippen LogP contribution in [0.5, 0.6) is 5.75 Å². The van der Waals surface area contributed by atoms with E-state index in [1.54, 1.807) is 23.0 Å². The van der Waals surface area contributed by atoms with Crippen molar-refractivity contribution in [2.45, 2.75) is 0 Å². The van der Waals surface area contributed by atoms with Crippen LogP contribution in [0.2, 0.25) is 0 Å². The van der Waals surface area contributed by atoms with Gasteiger partial charge >= 0.3 is 0 Å². The molecule has 1 aromatic heterocycles. The summed E-state index contributed by atoms with van der Waals surface area (Å²) in [6.45, 7) is 0. The molecule has 0 saturated heterocycles. The minimum absolute atomic E-state index is 0.0890. The Bertz CT molecular complexity index is 451. The second-order valence-corrected chi connectivity index (χ2v) is 3.47. The summed E-state index contributed by atoms with van der Waals surface area (Å²) in [5, 5.41) is 10.9. The van der Waals surface area contributed by atoms with Crippen LogP contribution in [0.3, 0.4) is 0 Å². The van der Waals surface area contributed by atoms with Gasteiger partial charge in [-0.1, -0.05) is 12.1 Å². The van der Waals surface area contributed by atoms with Crippen molar-refractivity contribution in [3.8, 4) is 5.75 Å². The lowest BCUT2D eigenvalue weighted by Crippen LogP contribution is -2.00. The third-order valence-corrected chi connectivity index (χ3v) is 2.36. The molecular weight excluding hydrogens is 198 g/mol. The number of thiazole rings is 1. The normalized spacial score (nSPS) is 10.0. The fourth-order valence-electron chi connectivity index (χ4n) is 1.12. The molecule has 0 aliphatic carbocycles. The molecule has 0 radical (unpaired) electrons. The van der Waals surface area contributed by atoms with Crippen molar-refractivity contribution >= 4 is 17.1 Å². The second-order valence-electron chi connectivity index (χ2n) is 2.75. The Morgan fingerprint density at radius 3 is 2.93 bits per heavy atom. The molecule has 4 heteroatoms. The van der Waals surface area contributed by atoms with Crippen LogP contribution in [-0.2, 0) is 0 Å². The minimum atomic E-state index is -0.165. The van der Waals surface area contributed by atoms with Crippen molar-refractivity contribution in [1.29, 1.82) is 0 Å².